The molecule has 0 aliphatic carbocycles. The van der Waals surface area contributed by atoms with Gasteiger partial charge < -0.3 is 10.2 Å². The van der Waals surface area contributed by atoms with Crippen LogP contribution < -0.4 is 0 Å². The van der Waals surface area contributed by atoms with Crippen molar-refractivity contribution >= 4 is 29.5 Å². The topological polar surface area (TPSA) is 57.5 Å². The Hall–Kier alpha value is -0.650. The van der Waals surface area contributed by atoms with E-state index in [1.807, 2.05) is 23.5 Å². The summed E-state index contributed by atoms with van der Waals surface area (Å²) in [6, 6.07) is 8.30. The van der Waals surface area contributed by atoms with Crippen molar-refractivity contribution in [3.8, 4) is 0 Å². The zero-order chi connectivity index (χ0) is 14.8. The van der Waals surface area contributed by atoms with E-state index in [1.54, 1.807) is 30.3 Å². The third-order valence-electron chi connectivity index (χ3n) is 2.83. The minimum atomic E-state index is -0.879. The van der Waals surface area contributed by atoms with Gasteiger partial charge in [0, 0.05) is 11.0 Å². The molecule has 1 saturated heterocycles. The Morgan fingerprint density at radius 3 is 2.50 bits per heavy atom. The number of hydrogen-bond donors (Lipinski definition) is 2. The standard InChI is InChI=1S/C8H16OS2.C7H6O2/c1-2-3-4-8-10-6-7(5-9)11-8;8-7(9)6-4-2-1-3-5-6/h7-9H,2-6H2,1H3;1-5H,(H,8,9)/t7-,8+;/m0./s1. The molecular weight excluding hydrogens is 292 g/mol. The first kappa shape index (κ1) is 17.4. The Labute approximate surface area is 129 Å². The van der Waals surface area contributed by atoms with Gasteiger partial charge in [-0.25, -0.2) is 4.79 Å². The molecule has 1 fully saturated rings. The quantitative estimate of drug-likeness (QED) is 0.867. The van der Waals surface area contributed by atoms with E-state index in [4.69, 9.17) is 10.2 Å². The molecule has 1 aliphatic heterocycles. The molecule has 3 nitrogen and oxygen atoms in total. The highest BCUT2D eigenvalue weighted by molar-refractivity contribution is 8.20. The van der Waals surface area contributed by atoms with Gasteiger partial charge in [0.1, 0.15) is 0 Å². The highest BCUT2D eigenvalue weighted by Gasteiger charge is 2.24. The Kier molecular flexibility index (Phi) is 8.82. The van der Waals surface area contributed by atoms with Gasteiger partial charge in [-0.15, -0.1) is 23.5 Å². The maximum Gasteiger partial charge on any atom is 0.335 e. The summed E-state index contributed by atoms with van der Waals surface area (Å²) in [5.41, 5.74) is 0.331. The molecule has 20 heavy (non-hydrogen) atoms. The lowest BCUT2D eigenvalue weighted by Crippen LogP contribution is -2.06. The van der Waals surface area contributed by atoms with Gasteiger partial charge in [0.05, 0.1) is 16.8 Å². The number of aliphatic hydroxyl groups excluding tert-OH is 1. The van der Waals surface area contributed by atoms with Crippen LogP contribution in [0.4, 0.5) is 0 Å². The Bertz CT molecular complexity index is 384. The third-order valence-corrected chi connectivity index (χ3v) is 6.22. The lowest BCUT2D eigenvalue weighted by Gasteiger charge is -2.06. The molecule has 1 aromatic rings. The molecule has 5 heteroatoms. The molecule has 0 radical (unpaired) electrons. The number of rotatable bonds is 5. The number of unbranched alkanes of at least 4 members (excludes halogenated alkanes) is 1. The fourth-order valence-corrected chi connectivity index (χ4v) is 4.96. The molecule has 1 heterocycles. The van der Waals surface area contributed by atoms with Crippen LogP contribution in [-0.4, -0.2) is 38.4 Å². The first-order chi connectivity index (χ1) is 9.67. The van der Waals surface area contributed by atoms with Gasteiger partial charge in [-0.1, -0.05) is 38.0 Å². The van der Waals surface area contributed by atoms with E-state index in [1.165, 1.54) is 19.3 Å². The van der Waals surface area contributed by atoms with Crippen molar-refractivity contribution in [3.05, 3.63) is 35.9 Å². The van der Waals surface area contributed by atoms with Crippen LogP contribution in [0.25, 0.3) is 0 Å². The van der Waals surface area contributed by atoms with Crippen LogP contribution in [0.1, 0.15) is 36.5 Å². The van der Waals surface area contributed by atoms with Crippen molar-refractivity contribution in [2.45, 2.75) is 36.0 Å². The molecule has 112 valence electrons. The number of benzene rings is 1. The summed E-state index contributed by atoms with van der Waals surface area (Å²) in [6.07, 6.45) is 3.95. The van der Waals surface area contributed by atoms with Crippen molar-refractivity contribution in [1.82, 2.24) is 0 Å². The first-order valence-electron chi connectivity index (χ1n) is 6.83. The molecule has 0 spiro atoms. The number of carbonyl (C=O) groups is 1. The Morgan fingerprint density at radius 2 is 2.05 bits per heavy atom. The Balaban J connectivity index is 0.000000204. The van der Waals surface area contributed by atoms with E-state index in [0.717, 1.165) is 10.3 Å². The van der Waals surface area contributed by atoms with Gasteiger partial charge in [-0.3, -0.25) is 0 Å². The van der Waals surface area contributed by atoms with Gasteiger partial charge >= 0.3 is 5.97 Å². The zero-order valence-electron chi connectivity index (χ0n) is 11.7. The fraction of sp³-hybridized carbons (Fsp3) is 0.533. The lowest BCUT2D eigenvalue weighted by atomic mass is 10.2. The number of carboxylic acids is 1. The van der Waals surface area contributed by atoms with Crippen LogP contribution in [0.5, 0.6) is 0 Å². The van der Waals surface area contributed by atoms with Gasteiger partial charge in [-0.2, -0.15) is 0 Å². The summed E-state index contributed by atoms with van der Waals surface area (Å²) < 4.78 is 0.770. The largest absolute Gasteiger partial charge is 0.478 e. The summed E-state index contributed by atoms with van der Waals surface area (Å²) in [7, 11) is 0. The van der Waals surface area contributed by atoms with Gasteiger partial charge in [0.25, 0.3) is 0 Å². The highest BCUT2D eigenvalue weighted by Crippen LogP contribution is 2.40. The number of aromatic carboxylic acids is 1. The van der Waals surface area contributed by atoms with Crippen molar-refractivity contribution in [1.29, 1.82) is 0 Å². The zero-order valence-corrected chi connectivity index (χ0v) is 13.3. The molecule has 0 amide bonds. The Morgan fingerprint density at radius 1 is 1.35 bits per heavy atom. The molecule has 1 aliphatic rings. The summed E-state index contributed by atoms with van der Waals surface area (Å²) in [5.74, 6) is 0.269. The molecular formula is C15H22O3S2. The van der Waals surface area contributed by atoms with E-state index >= 15 is 0 Å². The van der Waals surface area contributed by atoms with E-state index < -0.39 is 5.97 Å². The number of thioether (sulfide) groups is 2. The van der Waals surface area contributed by atoms with E-state index in [9.17, 15) is 4.79 Å². The van der Waals surface area contributed by atoms with Gasteiger partial charge in [0.2, 0.25) is 0 Å². The second-order valence-electron chi connectivity index (χ2n) is 4.52. The van der Waals surface area contributed by atoms with Crippen LogP contribution in [-0.2, 0) is 0 Å². The van der Waals surface area contributed by atoms with E-state index in [2.05, 4.69) is 6.92 Å². The van der Waals surface area contributed by atoms with Crippen LogP contribution >= 0.6 is 23.5 Å². The van der Waals surface area contributed by atoms with E-state index in [-0.39, 0.29) is 0 Å². The predicted octanol–water partition coefficient (Wildman–Crippen LogP) is 3.73. The second-order valence-corrected chi connectivity index (χ2v) is 7.56. The normalized spacial score (nSPS) is 21.1. The molecule has 0 unspecified atom stereocenters. The number of hydrogen-bond acceptors (Lipinski definition) is 4. The number of aliphatic hydroxyl groups is 1. The average molecular weight is 314 g/mol. The molecule has 0 saturated carbocycles. The summed E-state index contributed by atoms with van der Waals surface area (Å²) in [4.78, 5) is 10.2. The van der Waals surface area contributed by atoms with E-state index in [0.29, 0.717) is 17.4 Å². The minimum Gasteiger partial charge on any atom is -0.478 e. The predicted molar refractivity (Wildman–Crippen MR) is 87.6 cm³/mol. The first-order valence-corrected chi connectivity index (χ1v) is 8.82. The summed E-state index contributed by atoms with van der Waals surface area (Å²) in [6.45, 7) is 2.59. The van der Waals surface area contributed by atoms with Crippen LogP contribution in [0.3, 0.4) is 0 Å². The van der Waals surface area contributed by atoms with Gasteiger partial charge in [0.15, 0.2) is 0 Å². The van der Waals surface area contributed by atoms with Crippen molar-refractivity contribution in [3.63, 3.8) is 0 Å². The lowest BCUT2D eigenvalue weighted by molar-refractivity contribution is 0.0697. The van der Waals surface area contributed by atoms with Crippen molar-refractivity contribution in [2.24, 2.45) is 0 Å². The maximum absolute atomic E-state index is 10.2. The minimum absolute atomic E-state index is 0.331. The third kappa shape index (κ3) is 6.68. The fourth-order valence-electron chi connectivity index (χ4n) is 1.71. The van der Waals surface area contributed by atoms with Crippen molar-refractivity contribution < 1.29 is 15.0 Å². The maximum atomic E-state index is 10.2. The molecule has 0 aromatic heterocycles. The van der Waals surface area contributed by atoms with Crippen molar-refractivity contribution in [2.75, 3.05) is 12.4 Å². The van der Waals surface area contributed by atoms with Crippen LogP contribution in [0, 0.1) is 0 Å². The summed E-state index contributed by atoms with van der Waals surface area (Å²) in [5, 5.41) is 17.8. The monoisotopic (exact) mass is 314 g/mol. The molecule has 1 aromatic carbocycles. The highest BCUT2D eigenvalue weighted by atomic mass is 32.2. The molecule has 2 N–H and O–H groups in total. The molecule has 0 bridgehead atoms. The van der Waals surface area contributed by atoms with Crippen LogP contribution in [0.2, 0.25) is 0 Å². The molecule has 2 atom stereocenters. The smallest absolute Gasteiger partial charge is 0.335 e. The second kappa shape index (κ2) is 10.1. The SMILES string of the molecule is CCCC[C@@H]1SC[C@H](CO)S1.O=C(O)c1ccccc1. The summed E-state index contributed by atoms with van der Waals surface area (Å²) >= 11 is 3.98. The average Bonchev–Trinajstić information content (AvgIpc) is 2.94. The molecule has 2 rings (SSSR count). The van der Waals surface area contributed by atoms with Crippen LogP contribution in [0.15, 0.2) is 30.3 Å². The van der Waals surface area contributed by atoms with Gasteiger partial charge in [-0.05, 0) is 18.6 Å². The number of carboxylic acid groups (broad SMARTS) is 1.